The van der Waals surface area contributed by atoms with Gasteiger partial charge in [0.1, 0.15) is 6.04 Å². The minimum atomic E-state index is -0.389. The van der Waals surface area contributed by atoms with Gasteiger partial charge in [-0.25, -0.2) is 0 Å². The number of anilines is 1. The molecule has 4 heteroatoms. The van der Waals surface area contributed by atoms with Crippen molar-refractivity contribution in [2.24, 2.45) is 0 Å². The van der Waals surface area contributed by atoms with Crippen LogP contribution in [0.1, 0.15) is 23.7 Å². The highest BCUT2D eigenvalue weighted by atomic mass is 16.2. The number of rotatable bonds is 1. The molecule has 0 spiro atoms. The van der Waals surface area contributed by atoms with E-state index in [9.17, 15) is 9.59 Å². The first-order valence-corrected chi connectivity index (χ1v) is 5.32. The third kappa shape index (κ3) is 1.56. The summed E-state index contributed by atoms with van der Waals surface area (Å²) in [5.41, 5.74) is 1.15. The maximum Gasteiger partial charge on any atom is 0.256 e. The minimum absolute atomic E-state index is 0.110. The number of carbonyl (C=O) groups is 2. The Morgan fingerprint density at radius 1 is 1.31 bits per heavy atom. The Bertz CT molecular complexity index is 442. The van der Waals surface area contributed by atoms with Gasteiger partial charge in [0.2, 0.25) is 5.91 Å². The van der Waals surface area contributed by atoms with Crippen LogP contribution in [0.3, 0.4) is 0 Å². The zero-order valence-electron chi connectivity index (χ0n) is 9.36. The smallest absolute Gasteiger partial charge is 0.256 e. The Hall–Kier alpha value is -1.84. The van der Waals surface area contributed by atoms with Gasteiger partial charge < -0.3 is 10.2 Å². The molecule has 4 nitrogen and oxygen atoms in total. The topological polar surface area (TPSA) is 49.4 Å². The molecule has 2 rings (SSSR count). The van der Waals surface area contributed by atoms with Gasteiger partial charge in [0, 0.05) is 7.05 Å². The van der Waals surface area contributed by atoms with Crippen molar-refractivity contribution < 1.29 is 9.59 Å². The van der Waals surface area contributed by atoms with Gasteiger partial charge in [0.05, 0.1) is 11.3 Å². The first-order chi connectivity index (χ1) is 7.65. The summed E-state index contributed by atoms with van der Waals surface area (Å²) in [7, 11) is 1.66. The number of benzene rings is 1. The van der Waals surface area contributed by atoms with Crippen LogP contribution in [0.2, 0.25) is 0 Å². The van der Waals surface area contributed by atoms with Crippen LogP contribution in [-0.2, 0) is 4.79 Å². The highest BCUT2D eigenvalue weighted by Crippen LogP contribution is 2.22. The summed E-state index contributed by atoms with van der Waals surface area (Å²) in [6.07, 6.45) is 0.613. The van der Waals surface area contributed by atoms with E-state index in [4.69, 9.17) is 0 Å². The van der Waals surface area contributed by atoms with Gasteiger partial charge in [-0.3, -0.25) is 9.59 Å². The molecule has 1 atom stereocenters. The fourth-order valence-corrected chi connectivity index (χ4v) is 1.96. The average molecular weight is 218 g/mol. The van der Waals surface area contributed by atoms with Crippen molar-refractivity contribution in [2.75, 3.05) is 12.4 Å². The van der Waals surface area contributed by atoms with E-state index >= 15 is 0 Å². The molecule has 0 aliphatic carbocycles. The lowest BCUT2D eigenvalue weighted by Crippen LogP contribution is -2.42. The number of carbonyl (C=O) groups excluding carboxylic acids is 2. The molecule has 1 aliphatic heterocycles. The van der Waals surface area contributed by atoms with Crippen molar-refractivity contribution in [2.45, 2.75) is 19.4 Å². The SMILES string of the molecule is CCC1C(=O)Nc2ccccc2C(=O)N1C. The zero-order chi connectivity index (χ0) is 11.7. The fraction of sp³-hybridized carbons (Fsp3) is 0.333. The predicted molar refractivity (Wildman–Crippen MR) is 61.2 cm³/mol. The zero-order valence-corrected chi connectivity index (χ0v) is 9.36. The van der Waals surface area contributed by atoms with E-state index in [0.717, 1.165) is 0 Å². The Labute approximate surface area is 94.2 Å². The van der Waals surface area contributed by atoms with Crippen LogP contribution in [0.15, 0.2) is 24.3 Å². The van der Waals surface area contributed by atoms with Crippen molar-refractivity contribution >= 4 is 17.5 Å². The summed E-state index contributed by atoms with van der Waals surface area (Å²) in [5.74, 6) is -0.232. The number of nitrogens with zero attached hydrogens (tertiary/aromatic N) is 1. The molecule has 1 N–H and O–H groups in total. The van der Waals surface area contributed by atoms with Crippen molar-refractivity contribution in [3.63, 3.8) is 0 Å². The molecule has 0 aromatic heterocycles. The lowest BCUT2D eigenvalue weighted by Gasteiger charge is -2.22. The van der Waals surface area contributed by atoms with Crippen molar-refractivity contribution in [3.8, 4) is 0 Å². The maximum absolute atomic E-state index is 12.1. The summed E-state index contributed by atoms with van der Waals surface area (Å²) in [6, 6.07) is 6.69. The molecule has 0 fully saturated rings. The first-order valence-electron chi connectivity index (χ1n) is 5.32. The maximum atomic E-state index is 12.1. The third-order valence-electron chi connectivity index (χ3n) is 2.89. The number of amides is 2. The molecule has 1 unspecified atom stereocenters. The minimum Gasteiger partial charge on any atom is -0.330 e. The molecular weight excluding hydrogens is 204 g/mol. The van der Waals surface area contributed by atoms with Crippen LogP contribution in [0.4, 0.5) is 5.69 Å². The number of fused-ring (bicyclic) bond motifs is 1. The molecule has 0 saturated heterocycles. The van der Waals surface area contributed by atoms with Crippen LogP contribution in [-0.4, -0.2) is 29.8 Å². The first kappa shape index (κ1) is 10.7. The van der Waals surface area contributed by atoms with E-state index in [-0.39, 0.29) is 17.9 Å². The van der Waals surface area contributed by atoms with E-state index in [0.29, 0.717) is 17.7 Å². The molecular formula is C12H14N2O2. The Morgan fingerprint density at radius 2 is 2.00 bits per heavy atom. The van der Waals surface area contributed by atoms with E-state index in [1.54, 1.807) is 31.3 Å². The van der Waals surface area contributed by atoms with Crippen LogP contribution in [0, 0.1) is 0 Å². The normalized spacial score (nSPS) is 20.1. The van der Waals surface area contributed by atoms with Gasteiger partial charge in [-0.05, 0) is 18.6 Å². The summed E-state index contributed by atoms with van der Waals surface area (Å²) in [4.78, 5) is 25.4. The van der Waals surface area contributed by atoms with Crippen molar-refractivity contribution in [3.05, 3.63) is 29.8 Å². The molecule has 1 aromatic rings. The number of hydrogen-bond acceptors (Lipinski definition) is 2. The standard InChI is InChI=1S/C12H14N2O2/c1-3-10-11(15)13-9-7-5-4-6-8(9)12(16)14(10)2/h4-7,10H,3H2,1-2H3,(H,13,15). The van der Waals surface area contributed by atoms with Crippen LogP contribution in [0.5, 0.6) is 0 Å². The summed E-state index contributed by atoms with van der Waals surface area (Å²) in [6.45, 7) is 1.89. The monoisotopic (exact) mass is 218 g/mol. The van der Waals surface area contributed by atoms with E-state index < -0.39 is 0 Å². The van der Waals surface area contributed by atoms with E-state index in [1.165, 1.54) is 4.90 Å². The second-order valence-corrected chi connectivity index (χ2v) is 3.87. The third-order valence-corrected chi connectivity index (χ3v) is 2.89. The molecule has 1 aromatic carbocycles. The molecule has 2 amide bonds. The lowest BCUT2D eigenvalue weighted by molar-refractivity contribution is -0.120. The molecule has 1 heterocycles. The molecule has 16 heavy (non-hydrogen) atoms. The molecule has 0 radical (unpaired) electrons. The van der Waals surface area contributed by atoms with Gasteiger partial charge in [0.25, 0.3) is 5.91 Å². The molecule has 1 aliphatic rings. The summed E-state index contributed by atoms with van der Waals surface area (Å²) < 4.78 is 0. The van der Waals surface area contributed by atoms with Crippen LogP contribution in [0.25, 0.3) is 0 Å². The molecule has 0 saturated carbocycles. The second-order valence-electron chi connectivity index (χ2n) is 3.87. The number of para-hydroxylation sites is 1. The second kappa shape index (κ2) is 3.96. The van der Waals surface area contributed by atoms with Gasteiger partial charge >= 0.3 is 0 Å². The predicted octanol–water partition coefficient (Wildman–Crippen LogP) is 1.49. The van der Waals surface area contributed by atoms with Gasteiger partial charge in [-0.15, -0.1) is 0 Å². The van der Waals surface area contributed by atoms with Gasteiger partial charge in [0.15, 0.2) is 0 Å². The van der Waals surface area contributed by atoms with E-state index in [1.807, 2.05) is 6.92 Å². The van der Waals surface area contributed by atoms with Gasteiger partial charge in [-0.2, -0.15) is 0 Å². The highest BCUT2D eigenvalue weighted by molar-refractivity contribution is 6.09. The quantitative estimate of drug-likeness (QED) is 0.776. The Kier molecular flexibility index (Phi) is 2.64. The Balaban J connectivity index is 2.49. The largest absolute Gasteiger partial charge is 0.330 e. The Morgan fingerprint density at radius 3 is 2.69 bits per heavy atom. The fourth-order valence-electron chi connectivity index (χ4n) is 1.96. The summed E-state index contributed by atoms with van der Waals surface area (Å²) in [5, 5.41) is 2.78. The number of likely N-dealkylation sites (N-methyl/N-ethyl adjacent to an activating group) is 1. The number of nitrogens with one attached hydrogen (secondary N) is 1. The highest BCUT2D eigenvalue weighted by Gasteiger charge is 2.31. The average Bonchev–Trinajstić information content (AvgIpc) is 2.37. The summed E-state index contributed by atoms with van der Waals surface area (Å²) >= 11 is 0. The number of hydrogen-bond donors (Lipinski definition) is 1. The van der Waals surface area contributed by atoms with Crippen molar-refractivity contribution in [1.82, 2.24) is 4.90 Å². The molecule has 84 valence electrons. The lowest BCUT2D eigenvalue weighted by atomic mass is 10.1. The van der Waals surface area contributed by atoms with Crippen LogP contribution >= 0.6 is 0 Å². The molecule has 0 bridgehead atoms. The van der Waals surface area contributed by atoms with Crippen molar-refractivity contribution in [1.29, 1.82) is 0 Å². The van der Waals surface area contributed by atoms with Crippen LogP contribution < -0.4 is 5.32 Å². The van der Waals surface area contributed by atoms with Gasteiger partial charge in [-0.1, -0.05) is 19.1 Å². The van der Waals surface area contributed by atoms with E-state index in [2.05, 4.69) is 5.32 Å².